The number of hydrogen-bond donors (Lipinski definition) is 1. The molecule has 0 atom stereocenters. The summed E-state index contributed by atoms with van der Waals surface area (Å²) in [4.78, 5) is 9.13. The first-order valence-corrected chi connectivity index (χ1v) is 8.65. The molecule has 5 nitrogen and oxygen atoms in total. The van der Waals surface area contributed by atoms with Crippen molar-refractivity contribution in [1.82, 2.24) is 14.4 Å². The van der Waals surface area contributed by atoms with Gasteiger partial charge in [-0.2, -0.15) is 0 Å². The molecule has 0 spiro atoms. The van der Waals surface area contributed by atoms with Crippen LogP contribution in [0.5, 0.6) is 5.75 Å². The first kappa shape index (κ1) is 13.6. The lowest BCUT2D eigenvalue weighted by Gasteiger charge is -2.04. The van der Waals surface area contributed by atoms with Crippen LogP contribution in [0, 0.1) is 0 Å². The Morgan fingerprint density at radius 2 is 2.21 bits per heavy atom. The molecule has 24 heavy (non-hydrogen) atoms. The van der Waals surface area contributed by atoms with Gasteiger partial charge in [0.2, 0.25) is 0 Å². The van der Waals surface area contributed by atoms with E-state index in [0.29, 0.717) is 0 Å². The molecule has 6 heteroatoms. The zero-order valence-electron chi connectivity index (χ0n) is 12.8. The van der Waals surface area contributed by atoms with Crippen molar-refractivity contribution in [1.29, 1.82) is 0 Å². The number of ether oxygens (including phenoxy) is 1. The molecule has 0 amide bonds. The standard InChI is InChI=1S/C18H14N4OS/c1-2-7-22-15(10-19-17(22)3-1)14-11-24-18(21-14)20-13-4-5-16-12(9-13)6-8-23-16/h1-5,7,9-11H,6,8H2,(H,20,21). The monoisotopic (exact) mass is 334 g/mol. The molecule has 0 fully saturated rings. The molecule has 0 radical (unpaired) electrons. The molecule has 1 aliphatic heterocycles. The highest BCUT2D eigenvalue weighted by Crippen LogP contribution is 2.31. The van der Waals surface area contributed by atoms with Crippen LogP contribution in [0.3, 0.4) is 0 Å². The predicted octanol–water partition coefficient (Wildman–Crippen LogP) is 4.14. The second-order valence-electron chi connectivity index (χ2n) is 5.66. The third kappa shape index (κ3) is 2.23. The number of pyridine rings is 1. The molecular formula is C18H14N4OS. The fourth-order valence-corrected chi connectivity index (χ4v) is 3.68. The minimum absolute atomic E-state index is 0.772. The van der Waals surface area contributed by atoms with Gasteiger partial charge < -0.3 is 10.1 Å². The topological polar surface area (TPSA) is 51.5 Å². The number of benzene rings is 1. The Kier molecular flexibility index (Phi) is 3.02. The van der Waals surface area contributed by atoms with Gasteiger partial charge in [-0.1, -0.05) is 6.07 Å². The summed E-state index contributed by atoms with van der Waals surface area (Å²) in [6.45, 7) is 0.772. The van der Waals surface area contributed by atoms with E-state index in [-0.39, 0.29) is 0 Å². The van der Waals surface area contributed by atoms with E-state index in [2.05, 4.69) is 21.7 Å². The van der Waals surface area contributed by atoms with Crippen molar-refractivity contribution in [2.75, 3.05) is 11.9 Å². The molecule has 4 aromatic rings. The molecule has 1 aromatic carbocycles. The summed E-state index contributed by atoms with van der Waals surface area (Å²) in [5.74, 6) is 0.992. The van der Waals surface area contributed by atoms with E-state index in [0.717, 1.165) is 46.6 Å². The van der Waals surface area contributed by atoms with Crippen molar-refractivity contribution in [3.8, 4) is 17.1 Å². The summed E-state index contributed by atoms with van der Waals surface area (Å²) in [6, 6.07) is 12.1. The predicted molar refractivity (Wildman–Crippen MR) is 95.2 cm³/mol. The summed E-state index contributed by atoms with van der Waals surface area (Å²) < 4.78 is 7.59. The van der Waals surface area contributed by atoms with Crippen LogP contribution in [-0.2, 0) is 6.42 Å². The van der Waals surface area contributed by atoms with Crippen LogP contribution < -0.4 is 10.1 Å². The van der Waals surface area contributed by atoms with Crippen LogP contribution in [0.15, 0.2) is 54.2 Å². The molecule has 0 saturated heterocycles. The maximum absolute atomic E-state index is 5.55. The molecule has 3 aromatic heterocycles. The zero-order valence-corrected chi connectivity index (χ0v) is 13.6. The Hall–Kier alpha value is -2.86. The summed E-state index contributed by atoms with van der Waals surface area (Å²) in [6.07, 6.45) is 4.83. The van der Waals surface area contributed by atoms with Gasteiger partial charge in [0.25, 0.3) is 0 Å². The SMILES string of the molecule is c1ccn2c(-c3csc(Nc4ccc5c(c4)CCO5)n3)cnc2c1. The van der Waals surface area contributed by atoms with Crippen LogP contribution in [0.2, 0.25) is 0 Å². The Bertz CT molecular complexity index is 1040. The molecule has 118 valence electrons. The van der Waals surface area contributed by atoms with E-state index in [1.54, 1.807) is 11.3 Å². The number of anilines is 2. The largest absolute Gasteiger partial charge is 0.493 e. The van der Waals surface area contributed by atoms with E-state index in [1.807, 2.05) is 47.1 Å². The normalized spacial score (nSPS) is 13.0. The van der Waals surface area contributed by atoms with Gasteiger partial charge in [0, 0.05) is 23.7 Å². The number of thiazole rings is 1. The highest BCUT2D eigenvalue weighted by atomic mass is 32.1. The number of hydrogen-bond acceptors (Lipinski definition) is 5. The van der Waals surface area contributed by atoms with Crippen molar-refractivity contribution in [3.05, 3.63) is 59.7 Å². The molecule has 1 N–H and O–H groups in total. The Balaban J connectivity index is 1.45. The average Bonchev–Trinajstić information content (AvgIpc) is 3.33. The van der Waals surface area contributed by atoms with E-state index < -0.39 is 0 Å². The van der Waals surface area contributed by atoms with Crippen molar-refractivity contribution in [2.45, 2.75) is 6.42 Å². The Labute approximate surface area is 142 Å². The molecule has 5 rings (SSSR count). The number of fused-ring (bicyclic) bond motifs is 2. The van der Waals surface area contributed by atoms with Crippen molar-refractivity contribution in [2.24, 2.45) is 0 Å². The van der Waals surface area contributed by atoms with Gasteiger partial charge in [-0.3, -0.25) is 4.40 Å². The van der Waals surface area contributed by atoms with Crippen molar-refractivity contribution >= 4 is 27.8 Å². The molecule has 0 aliphatic carbocycles. The highest BCUT2D eigenvalue weighted by Gasteiger charge is 2.13. The maximum Gasteiger partial charge on any atom is 0.187 e. The van der Waals surface area contributed by atoms with Crippen molar-refractivity contribution < 1.29 is 4.74 Å². The van der Waals surface area contributed by atoms with Gasteiger partial charge in [0.05, 0.1) is 18.5 Å². The molecule has 0 unspecified atom stereocenters. The lowest BCUT2D eigenvalue weighted by Crippen LogP contribution is -1.91. The van der Waals surface area contributed by atoms with E-state index in [4.69, 9.17) is 9.72 Å². The molecule has 4 heterocycles. The molecular weight excluding hydrogens is 320 g/mol. The smallest absolute Gasteiger partial charge is 0.187 e. The molecule has 1 aliphatic rings. The average molecular weight is 334 g/mol. The van der Waals surface area contributed by atoms with Crippen LogP contribution in [0.25, 0.3) is 17.0 Å². The summed E-state index contributed by atoms with van der Waals surface area (Å²) in [5.41, 5.74) is 5.13. The Morgan fingerprint density at radius 3 is 3.21 bits per heavy atom. The minimum atomic E-state index is 0.772. The second-order valence-corrected chi connectivity index (χ2v) is 6.51. The van der Waals surface area contributed by atoms with Crippen molar-refractivity contribution in [3.63, 3.8) is 0 Å². The first-order chi connectivity index (χ1) is 11.9. The second kappa shape index (κ2) is 5.35. The lowest BCUT2D eigenvalue weighted by molar-refractivity contribution is 0.357. The van der Waals surface area contributed by atoms with Gasteiger partial charge in [-0.05, 0) is 35.9 Å². The van der Waals surface area contributed by atoms with E-state index in [9.17, 15) is 0 Å². The third-order valence-corrected chi connectivity index (χ3v) is 4.88. The van der Waals surface area contributed by atoms with Gasteiger partial charge in [0.1, 0.15) is 17.1 Å². The van der Waals surface area contributed by atoms with Gasteiger partial charge in [-0.25, -0.2) is 9.97 Å². The number of nitrogens with zero attached hydrogens (tertiary/aromatic N) is 3. The number of nitrogens with one attached hydrogen (secondary N) is 1. The minimum Gasteiger partial charge on any atom is -0.493 e. The van der Waals surface area contributed by atoms with Crippen LogP contribution in [0.1, 0.15) is 5.56 Å². The van der Waals surface area contributed by atoms with Gasteiger partial charge in [0.15, 0.2) is 5.13 Å². The first-order valence-electron chi connectivity index (χ1n) is 7.77. The van der Waals surface area contributed by atoms with Gasteiger partial charge >= 0.3 is 0 Å². The van der Waals surface area contributed by atoms with Crippen LogP contribution in [0.4, 0.5) is 10.8 Å². The summed E-state index contributed by atoms with van der Waals surface area (Å²) >= 11 is 1.59. The quantitative estimate of drug-likeness (QED) is 0.612. The van der Waals surface area contributed by atoms with Gasteiger partial charge in [-0.15, -0.1) is 11.3 Å². The third-order valence-electron chi connectivity index (χ3n) is 4.12. The zero-order chi connectivity index (χ0) is 15.9. The maximum atomic E-state index is 5.55. The lowest BCUT2D eigenvalue weighted by atomic mass is 10.1. The fraction of sp³-hybridized carbons (Fsp3) is 0.111. The number of imidazole rings is 1. The number of aromatic nitrogens is 3. The highest BCUT2D eigenvalue weighted by molar-refractivity contribution is 7.14. The van der Waals surface area contributed by atoms with E-state index in [1.165, 1.54) is 5.56 Å². The fourth-order valence-electron chi connectivity index (χ4n) is 2.96. The summed E-state index contributed by atoms with van der Waals surface area (Å²) in [5, 5.41) is 6.31. The van der Waals surface area contributed by atoms with E-state index >= 15 is 0 Å². The van der Waals surface area contributed by atoms with Crippen LogP contribution >= 0.6 is 11.3 Å². The van der Waals surface area contributed by atoms with Crippen LogP contribution in [-0.4, -0.2) is 21.0 Å². The Morgan fingerprint density at radius 1 is 1.21 bits per heavy atom. The summed E-state index contributed by atoms with van der Waals surface area (Å²) in [7, 11) is 0. The number of rotatable bonds is 3. The molecule has 0 saturated carbocycles. The molecule has 0 bridgehead atoms.